The van der Waals surface area contributed by atoms with E-state index in [1.165, 1.54) is 37.9 Å². The van der Waals surface area contributed by atoms with Gasteiger partial charge in [0.25, 0.3) is 11.1 Å². The number of likely N-dealkylation sites (N-methyl/N-ethyl adjacent to an activating group) is 1. The second kappa shape index (κ2) is 7.42. The van der Waals surface area contributed by atoms with E-state index in [1.54, 1.807) is 0 Å². The molecule has 0 atom stereocenters. The van der Waals surface area contributed by atoms with E-state index in [4.69, 9.17) is 4.74 Å². The third-order valence-corrected chi connectivity index (χ3v) is 5.22. The Kier molecular flexibility index (Phi) is 5.23. The van der Waals surface area contributed by atoms with E-state index in [1.807, 2.05) is 0 Å². The average molecular weight is 440 g/mol. The van der Waals surface area contributed by atoms with E-state index >= 15 is 0 Å². The van der Waals surface area contributed by atoms with E-state index in [2.05, 4.69) is 25.9 Å². The number of hydrogen-bond acceptors (Lipinski definition) is 7. The molecule has 7 nitrogen and oxygen atoms in total. The molecular weight excluding hydrogens is 429 g/mol. The molecule has 1 aliphatic rings. The maximum Gasteiger partial charge on any atom is 0.293 e. The summed E-state index contributed by atoms with van der Waals surface area (Å²) in [6.45, 7) is 0.0143. The summed E-state index contributed by atoms with van der Waals surface area (Å²) in [7, 11) is 1.36. The Morgan fingerprint density at radius 1 is 1.38 bits per heavy atom. The molecule has 10 heteroatoms. The molecular formula is C16H11BrFN3O4S. The zero-order chi connectivity index (χ0) is 18.8. The van der Waals surface area contributed by atoms with Crippen molar-refractivity contribution < 1.29 is 23.8 Å². The average Bonchev–Trinajstić information content (AvgIpc) is 2.89. The smallest absolute Gasteiger partial charge is 0.293 e. The van der Waals surface area contributed by atoms with E-state index in [9.17, 15) is 19.1 Å². The highest BCUT2D eigenvalue weighted by Crippen LogP contribution is 2.40. The topological polar surface area (TPSA) is 92.6 Å². The third kappa shape index (κ3) is 3.56. The lowest BCUT2D eigenvalue weighted by Gasteiger charge is -2.11. The fourth-order valence-corrected chi connectivity index (χ4v) is 3.31. The number of hydrogen-bond donors (Lipinski definition) is 1. The first kappa shape index (κ1) is 18.3. The lowest BCUT2D eigenvalue weighted by atomic mass is 10.1. The molecule has 0 aliphatic carbocycles. The number of aromatic hydroxyl groups is 1. The van der Waals surface area contributed by atoms with Gasteiger partial charge in [0.15, 0.2) is 17.3 Å². The molecule has 0 unspecified atom stereocenters. The van der Waals surface area contributed by atoms with Gasteiger partial charge in [-0.05, 0) is 45.4 Å². The van der Waals surface area contributed by atoms with Crippen LogP contribution in [0.1, 0.15) is 11.1 Å². The highest BCUT2D eigenvalue weighted by molar-refractivity contribution is 9.10. The quantitative estimate of drug-likeness (QED) is 0.730. The molecule has 1 fully saturated rings. The Bertz CT molecular complexity index is 923. The van der Waals surface area contributed by atoms with Crippen molar-refractivity contribution in [1.29, 1.82) is 0 Å². The number of imide groups is 1. The minimum atomic E-state index is -0.936. The van der Waals surface area contributed by atoms with Gasteiger partial charge in [-0.1, -0.05) is 0 Å². The number of carbonyl (C=O) groups is 2. The SMILES string of the molecule is CN1C(=O)S/C(=C\c2cc(OCc3cncnc3)c(O)c(F)c2Br)C1=O. The standard InChI is InChI=1S/C16H11BrFN3O4S/c1-21-15(23)11(26-16(21)24)3-9-2-10(14(22)13(18)12(9)17)25-6-8-4-19-7-20-5-8/h2-5,7,22H,6H2,1H3/b11-3-. The molecule has 26 heavy (non-hydrogen) atoms. The number of phenolic OH excluding ortho intramolecular Hbond substituents is 1. The zero-order valence-corrected chi connectivity index (χ0v) is 15.7. The van der Waals surface area contributed by atoms with Crippen molar-refractivity contribution in [3.05, 3.63) is 51.1 Å². The Labute approximate surface area is 160 Å². The highest BCUT2D eigenvalue weighted by Gasteiger charge is 2.32. The largest absolute Gasteiger partial charge is 0.502 e. The van der Waals surface area contributed by atoms with Crippen LogP contribution in [0.4, 0.5) is 9.18 Å². The van der Waals surface area contributed by atoms with Crippen LogP contribution < -0.4 is 4.74 Å². The van der Waals surface area contributed by atoms with E-state index < -0.39 is 22.7 Å². The molecule has 2 aromatic rings. The molecule has 2 heterocycles. The normalized spacial score (nSPS) is 15.8. The summed E-state index contributed by atoms with van der Waals surface area (Å²) in [5, 5.41) is 9.54. The first-order chi connectivity index (χ1) is 12.4. The van der Waals surface area contributed by atoms with Crippen LogP contribution in [0.3, 0.4) is 0 Å². The lowest BCUT2D eigenvalue weighted by Crippen LogP contribution is -2.22. The Morgan fingerprint density at radius 2 is 2.08 bits per heavy atom. The number of ether oxygens (including phenoxy) is 1. The number of benzene rings is 1. The number of rotatable bonds is 4. The van der Waals surface area contributed by atoms with Crippen LogP contribution >= 0.6 is 27.7 Å². The molecule has 1 aliphatic heterocycles. The van der Waals surface area contributed by atoms with Gasteiger partial charge in [0.2, 0.25) is 0 Å². The van der Waals surface area contributed by atoms with Crippen LogP contribution in [0.15, 0.2) is 34.2 Å². The molecule has 2 amide bonds. The molecule has 0 saturated carbocycles. The van der Waals surface area contributed by atoms with Gasteiger partial charge in [-0.3, -0.25) is 14.5 Å². The number of phenols is 1. The van der Waals surface area contributed by atoms with Crippen molar-refractivity contribution in [3.63, 3.8) is 0 Å². The molecule has 3 rings (SSSR count). The predicted molar refractivity (Wildman–Crippen MR) is 95.9 cm³/mol. The van der Waals surface area contributed by atoms with Crippen molar-refractivity contribution >= 4 is 44.9 Å². The summed E-state index contributed by atoms with van der Waals surface area (Å²) in [5.41, 5.74) is 0.877. The van der Waals surface area contributed by atoms with Crippen LogP contribution in [-0.4, -0.2) is 38.2 Å². The molecule has 1 N–H and O–H groups in total. The van der Waals surface area contributed by atoms with E-state index in [0.29, 0.717) is 5.56 Å². The van der Waals surface area contributed by atoms with Gasteiger partial charge in [-0.15, -0.1) is 0 Å². The van der Waals surface area contributed by atoms with Crippen LogP contribution in [-0.2, 0) is 11.4 Å². The van der Waals surface area contributed by atoms with Crippen molar-refractivity contribution in [1.82, 2.24) is 14.9 Å². The van der Waals surface area contributed by atoms with Gasteiger partial charge in [-0.25, -0.2) is 14.4 Å². The fraction of sp³-hybridized carbons (Fsp3) is 0.125. The Morgan fingerprint density at radius 3 is 2.69 bits per heavy atom. The second-order valence-electron chi connectivity index (χ2n) is 5.22. The van der Waals surface area contributed by atoms with Gasteiger partial charge >= 0.3 is 0 Å². The molecule has 1 aromatic heterocycles. The summed E-state index contributed by atoms with van der Waals surface area (Å²) in [6.07, 6.45) is 5.77. The number of amides is 2. The monoisotopic (exact) mass is 439 g/mol. The number of thioether (sulfide) groups is 1. The number of halogens is 2. The minimum absolute atomic E-state index is 0.0143. The van der Waals surface area contributed by atoms with E-state index in [0.717, 1.165) is 16.7 Å². The van der Waals surface area contributed by atoms with Crippen LogP contribution in [0.5, 0.6) is 11.5 Å². The number of carbonyl (C=O) groups excluding carboxylic acids is 2. The number of aromatic nitrogens is 2. The predicted octanol–water partition coefficient (Wildman–Crippen LogP) is 3.33. The molecule has 0 spiro atoms. The van der Waals surface area contributed by atoms with Crippen LogP contribution in [0.25, 0.3) is 6.08 Å². The summed E-state index contributed by atoms with van der Waals surface area (Å²) < 4.78 is 19.7. The first-order valence-corrected chi connectivity index (χ1v) is 8.78. The van der Waals surface area contributed by atoms with Crippen molar-refractivity contribution in [2.75, 3.05) is 7.05 Å². The molecule has 1 aromatic carbocycles. The highest BCUT2D eigenvalue weighted by atomic mass is 79.9. The van der Waals surface area contributed by atoms with Gasteiger partial charge in [0.1, 0.15) is 12.9 Å². The van der Waals surface area contributed by atoms with Crippen LogP contribution in [0.2, 0.25) is 0 Å². The lowest BCUT2D eigenvalue weighted by molar-refractivity contribution is -0.121. The molecule has 134 valence electrons. The van der Waals surface area contributed by atoms with Crippen LogP contribution in [0, 0.1) is 5.82 Å². The number of nitrogens with zero attached hydrogens (tertiary/aromatic N) is 3. The molecule has 0 radical (unpaired) electrons. The van der Waals surface area contributed by atoms with Crippen molar-refractivity contribution in [2.45, 2.75) is 6.61 Å². The Balaban J connectivity index is 1.93. The second-order valence-corrected chi connectivity index (χ2v) is 7.00. The summed E-state index contributed by atoms with van der Waals surface area (Å²) in [5.74, 6) is -2.20. The molecule has 1 saturated heterocycles. The maximum absolute atomic E-state index is 14.3. The Hall–Kier alpha value is -2.46. The summed E-state index contributed by atoms with van der Waals surface area (Å²) in [6, 6.07) is 1.37. The van der Waals surface area contributed by atoms with Crippen molar-refractivity contribution in [3.8, 4) is 11.5 Å². The van der Waals surface area contributed by atoms with Gasteiger partial charge in [0.05, 0.1) is 9.38 Å². The van der Waals surface area contributed by atoms with Gasteiger partial charge < -0.3 is 9.84 Å². The van der Waals surface area contributed by atoms with Crippen molar-refractivity contribution in [2.24, 2.45) is 0 Å². The maximum atomic E-state index is 14.3. The third-order valence-electron chi connectivity index (χ3n) is 3.46. The summed E-state index contributed by atoms with van der Waals surface area (Å²) >= 11 is 3.79. The molecule has 0 bridgehead atoms. The fourth-order valence-electron chi connectivity index (χ4n) is 2.08. The zero-order valence-electron chi connectivity index (χ0n) is 13.3. The minimum Gasteiger partial charge on any atom is -0.502 e. The van der Waals surface area contributed by atoms with E-state index in [-0.39, 0.29) is 27.3 Å². The van der Waals surface area contributed by atoms with Gasteiger partial charge in [-0.2, -0.15) is 0 Å². The van der Waals surface area contributed by atoms with Gasteiger partial charge in [0, 0.05) is 25.0 Å². The summed E-state index contributed by atoms with van der Waals surface area (Å²) in [4.78, 5) is 32.4. The first-order valence-electron chi connectivity index (χ1n) is 7.17.